The molecule has 1 heterocycles. The Kier molecular flexibility index (Phi) is 5.81. The third-order valence-corrected chi connectivity index (χ3v) is 7.10. The number of nitrogens with two attached hydrogens (primary N) is 1. The Morgan fingerprint density at radius 3 is 2.10 bits per heavy atom. The molecule has 10 heteroatoms. The number of hydrogen-bond donors (Lipinski definition) is 1. The van der Waals surface area contributed by atoms with Gasteiger partial charge in [0.15, 0.2) is 0 Å². The summed E-state index contributed by atoms with van der Waals surface area (Å²) in [5.74, 6) is 0.131. The van der Waals surface area contributed by atoms with Crippen LogP contribution in [0.4, 0.5) is 0 Å². The molecule has 0 spiro atoms. The lowest BCUT2D eigenvalue weighted by atomic mass is 9.98. The minimum Gasteiger partial charge on any atom is -0.455 e. The lowest BCUT2D eigenvalue weighted by Gasteiger charge is -2.14. The molecule has 0 radical (unpaired) electrons. The Bertz CT molecular complexity index is 1510. The Morgan fingerprint density at radius 1 is 0.806 bits per heavy atom. The first-order valence-corrected chi connectivity index (χ1v) is 11.7. The zero-order valence-electron chi connectivity index (χ0n) is 15.3. The highest BCUT2D eigenvalue weighted by molar-refractivity contribution is 7.89. The number of halogens is 4. The molecule has 0 unspecified atom stereocenters. The van der Waals surface area contributed by atoms with Crippen LogP contribution in [0.15, 0.2) is 68.7 Å². The molecule has 0 fully saturated rings. The zero-order valence-corrected chi connectivity index (χ0v) is 19.2. The maximum absolute atomic E-state index is 13.5. The number of para-hydroxylation sites is 1. The molecule has 0 aliphatic carbocycles. The predicted octanol–water partition coefficient (Wildman–Crippen LogP) is 6.39. The molecule has 0 aliphatic rings. The number of hydrogen-bond acceptors (Lipinski definition) is 4. The summed E-state index contributed by atoms with van der Waals surface area (Å²) in [6, 6.07) is 13.6. The first-order chi connectivity index (χ1) is 14.6. The Balaban J connectivity index is 2.12. The van der Waals surface area contributed by atoms with E-state index in [-0.39, 0.29) is 41.9 Å². The van der Waals surface area contributed by atoms with Gasteiger partial charge in [-0.05, 0) is 42.5 Å². The molecule has 0 bridgehead atoms. The van der Waals surface area contributed by atoms with Gasteiger partial charge in [-0.25, -0.2) is 13.6 Å². The number of rotatable bonds is 3. The van der Waals surface area contributed by atoms with E-state index in [1.165, 1.54) is 30.3 Å². The highest BCUT2D eigenvalue weighted by atomic mass is 35.5. The molecule has 5 nitrogen and oxygen atoms in total. The van der Waals surface area contributed by atoms with E-state index >= 15 is 0 Å². The van der Waals surface area contributed by atoms with Crippen molar-refractivity contribution in [3.8, 4) is 22.5 Å². The third-order valence-electron chi connectivity index (χ3n) is 4.61. The summed E-state index contributed by atoms with van der Waals surface area (Å²) < 4.78 is 29.2. The van der Waals surface area contributed by atoms with E-state index in [9.17, 15) is 13.2 Å². The Hall–Kier alpha value is -2.06. The maximum Gasteiger partial charge on any atom is 0.238 e. The molecule has 2 N–H and O–H groups in total. The molecule has 0 amide bonds. The van der Waals surface area contributed by atoms with Gasteiger partial charge in [0.25, 0.3) is 0 Å². The van der Waals surface area contributed by atoms with Crippen molar-refractivity contribution in [1.82, 2.24) is 0 Å². The number of fused-ring (bicyclic) bond motifs is 1. The summed E-state index contributed by atoms with van der Waals surface area (Å²) in [4.78, 5) is 13.4. The van der Waals surface area contributed by atoms with Crippen molar-refractivity contribution in [1.29, 1.82) is 0 Å². The molecule has 3 aromatic carbocycles. The van der Waals surface area contributed by atoms with Crippen molar-refractivity contribution in [2.24, 2.45) is 5.14 Å². The molecular weight excluding hydrogens is 504 g/mol. The first-order valence-electron chi connectivity index (χ1n) is 8.62. The Labute approximate surface area is 197 Å². The van der Waals surface area contributed by atoms with Crippen molar-refractivity contribution in [2.75, 3.05) is 0 Å². The van der Waals surface area contributed by atoms with Crippen molar-refractivity contribution in [2.45, 2.75) is 4.90 Å². The van der Waals surface area contributed by atoms with Gasteiger partial charge >= 0.3 is 0 Å². The topological polar surface area (TPSA) is 90.4 Å². The molecular formula is C21H11Cl4NO4S. The van der Waals surface area contributed by atoms with Crippen molar-refractivity contribution < 1.29 is 12.8 Å². The van der Waals surface area contributed by atoms with E-state index < -0.39 is 15.5 Å². The predicted molar refractivity (Wildman–Crippen MR) is 125 cm³/mol. The molecule has 4 rings (SSSR count). The van der Waals surface area contributed by atoms with Crippen LogP contribution in [0.3, 0.4) is 0 Å². The summed E-state index contributed by atoms with van der Waals surface area (Å²) in [6.45, 7) is 0. The molecule has 0 atom stereocenters. The minimum absolute atomic E-state index is 0.0100. The largest absolute Gasteiger partial charge is 0.455 e. The monoisotopic (exact) mass is 513 g/mol. The fourth-order valence-electron chi connectivity index (χ4n) is 3.16. The van der Waals surface area contributed by atoms with E-state index in [0.29, 0.717) is 16.5 Å². The second kappa shape index (κ2) is 8.13. The summed E-state index contributed by atoms with van der Waals surface area (Å²) in [7, 11) is -3.90. The van der Waals surface area contributed by atoms with Gasteiger partial charge in [0.05, 0.1) is 35.9 Å². The van der Waals surface area contributed by atoms with Crippen LogP contribution in [0.5, 0.6) is 0 Å². The minimum atomic E-state index is -3.90. The van der Waals surface area contributed by atoms with E-state index in [4.69, 9.17) is 56.0 Å². The fraction of sp³-hybridized carbons (Fsp3) is 0. The molecule has 4 aromatic rings. The third kappa shape index (κ3) is 3.96. The van der Waals surface area contributed by atoms with E-state index in [0.717, 1.165) is 0 Å². The maximum atomic E-state index is 13.5. The normalized spacial score (nSPS) is 11.8. The summed E-state index contributed by atoms with van der Waals surface area (Å²) in [5.41, 5.74) is 0.561. The zero-order chi connectivity index (χ0) is 22.5. The van der Waals surface area contributed by atoms with Crippen LogP contribution in [0.25, 0.3) is 33.4 Å². The lowest BCUT2D eigenvalue weighted by Crippen LogP contribution is -2.12. The van der Waals surface area contributed by atoms with Crippen LogP contribution in [0.2, 0.25) is 20.1 Å². The average molecular weight is 515 g/mol. The van der Waals surface area contributed by atoms with Gasteiger partial charge < -0.3 is 4.42 Å². The number of sulfonamides is 1. The molecule has 31 heavy (non-hydrogen) atoms. The standard InChI is InChI=1S/C21H11Cl4NO4S/c22-13-9-14(23)18(24)19(25)16(13)17-20(27)12-3-1-2-4-15(12)30-21(17)10-5-7-11(8-6-10)31(26,28)29/h1-9H,(H2,26,28,29). The molecule has 0 saturated heterocycles. The summed E-state index contributed by atoms with van der Waals surface area (Å²) in [5, 5.41) is 5.73. The van der Waals surface area contributed by atoms with Gasteiger partial charge in [0, 0.05) is 11.1 Å². The number of primary sulfonamides is 1. The van der Waals surface area contributed by atoms with Gasteiger partial charge in [-0.15, -0.1) is 0 Å². The van der Waals surface area contributed by atoms with Gasteiger partial charge in [0.1, 0.15) is 11.3 Å². The summed E-state index contributed by atoms with van der Waals surface area (Å²) >= 11 is 25.1. The van der Waals surface area contributed by atoms with E-state index in [2.05, 4.69) is 0 Å². The van der Waals surface area contributed by atoms with Crippen LogP contribution in [-0.2, 0) is 10.0 Å². The van der Waals surface area contributed by atoms with E-state index in [1.807, 2.05) is 0 Å². The van der Waals surface area contributed by atoms with E-state index in [1.54, 1.807) is 24.3 Å². The highest BCUT2D eigenvalue weighted by Gasteiger charge is 2.25. The van der Waals surface area contributed by atoms with Crippen LogP contribution >= 0.6 is 46.4 Å². The SMILES string of the molecule is NS(=O)(=O)c1ccc(-c2oc3ccccc3c(=O)c2-c2c(Cl)cc(Cl)c(Cl)c2Cl)cc1. The van der Waals surface area contributed by atoms with Crippen molar-refractivity contribution in [3.63, 3.8) is 0 Å². The van der Waals surface area contributed by atoms with Crippen LogP contribution in [-0.4, -0.2) is 8.42 Å². The van der Waals surface area contributed by atoms with Crippen LogP contribution < -0.4 is 10.6 Å². The second-order valence-electron chi connectivity index (χ2n) is 6.54. The second-order valence-corrected chi connectivity index (χ2v) is 9.68. The summed E-state index contributed by atoms with van der Waals surface area (Å²) in [6.07, 6.45) is 0. The van der Waals surface area contributed by atoms with Gasteiger partial charge in [-0.2, -0.15) is 0 Å². The molecule has 158 valence electrons. The van der Waals surface area contributed by atoms with Crippen molar-refractivity contribution in [3.05, 3.63) is 84.9 Å². The van der Waals surface area contributed by atoms with Gasteiger partial charge in [-0.1, -0.05) is 58.5 Å². The van der Waals surface area contributed by atoms with Crippen LogP contribution in [0, 0.1) is 0 Å². The Morgan fingerprint density at radius 2 is 1.45 bits per heavy atom. The molecule has 0 saturated carbocycles. The molecule has 0 aliphatic heterocycles. The smallest absolute Gasteiger partial charge is 0.238 e. The quantitative estimate of drug-likeness (QED) is 0.253. The fourth-order valence-corrected chi connectivity index (χ4v) is 4.78. The first kappa shape index (κ1) is 22.1. The number of benzene rings is 3. The van der Waals surface area contributed by atoms with Gasteiger partial charge in [0.2, 0.25) is 15.5 Å². The lowest BCUT2D eigenvalue weighted by molar-refractivity contribution is 0.597. The highest BCUT2D eigenvalue weighted by Crippen LogP contribution is 2.45. The van der Waals surface area contributed by atoms with Gasteiger partial charge in [-0.3, -0.25) is 4.79 Å². The molecule has 1 aromatic heterocycles. The van der Waals surface area contributed by atoms with Crippen LogP contribution in [0.1, 0.15) is 0 Å². The average Bonchev–Trinajstić information content (AvgIpc) is 2.73. The van der Waals surface area contributed by atoms with Crippen molar-refractivity contribution >= 4 is 67.4 Å².